The van der Waals surface area contributed by atoms with Crippen molar-refractivity contribution >= 4 is 11.5 Å². The van der Waals surface area contributed by atoms with Crippen molar-refractivity contribution in [1.29, 1.82) is 0 Å². The monoisotopic (exact) mass is 292 g/mol. The highest BCUT2D eigenvalue weighted by Crippen LogP contribution is 2.34. The lowest BCUT2D eigenvalue weighted by molar-refractivity contribution is -0.384. The standard InChI is InChI=1S/C15H24N4O2/c1-3-18(13-7-5-4-6-12(13)9-16)15-14(19(20)21)8-11(2)10-17-15/h8,10,12-13H,3-7,9,16H2,1-2H3. The quantitative estimate of drug-likeness (QED) is 0.666. The van der Waals surface area contributed by atoms with Crippen LogP contribution in [0.2, 0.25) is 0 Å². The molecular formula is C15H24N4O2. The molecule has 1 saturated carbocycles. The van der Waals surface area contributed by atoms with Gasteiger partial charge in [0.15, 0.2) is 0 Å². The van der Waals surface area contributed by atoms with Gasteiger partial charge in [-0.3, -0.25) is 10.1 Å². The lowest BCUT2D eigenvalue weighted by Gasteiger charge is -2.39. The second kappa shape index (κ2) is 6.85. The van der Waals surface area contributed by atoms with Gasteiger partial charge in [-0.2, -0.15) is 0 Å². The molecule has 1 aromatic rings. The lowest BCUT2D eigenvalue weighted by atomic mass is 9.83. The van der Waals surface area contributed by atoms with Crippen LogP contribution in [0.15, 0.2) is 12.3 Å². The van der Waals surface area contributed by atoms with Gasteiger partial charge in [-0.1, -0.05) is 12.8 Å². The second-order valence-electron chi connectivity index (χ2n) is 5.75. The first-order chi connectivity index (χ1) is 10.1. The highest BCUT2D eigenvalue weighted by atomic mass is 16.6. The smallest absolute Gasteiger partial charge is 0.311 e. The van der Waals surface area contributed by atoms with Gasteiger partial charge < -0.3 is 10.6 Å². The lowest BCUT2D eigenvalue weighted by Crippen LogP contribution is -2.45. The summed E-state index contributed by atoms with van der Waals surface area (Å²) in [6.45, 7) is 5.18. The molecule has 0 bridgehead atoms. The van der Waals surface area contributed by atoms with Gasteiger partial charge in [0.05, 0.1) is 4.92 Å². The van der Waals surface area contributed by atoms with Crippen molar-refractivity contribution in [2.45, 2.75) is 45.6 Å². The molecule has 0 aliphatic heterocycles. The van der Waals surface area contributed by atoms with Crippen molar-refractivity contribution < 1.29 is 4.92 Å². The summed E-state index contributed by atoms with van der Waals surface area (Å²) in [5, 5.41) is 11.3. The zero-order valence-corrected chi connectivity index (χ0v) is 12.8. The van der Waals surface area contributed by atoms with Gasteiger partial charge in [0, 0.05) is 24.8 Å². The summed E-state index contributed by atoms with van der Waals surface area (Å²) < 4.78 is 0. The van der Waals surface area contributed by atoms with Crippen molar-refractivity contribution in [1.82, 2.24) is 4.98 Å². The SMILES string of the molecule is CCN(c1ncc(C)cc1[N+](=O)[O-])C1CCCCC1CN. The number of aromatic nitrogens is 1. The molecule has 116 valence electrons. The third kappa shape index (κ3) is 3.32. The summed E-state index contributed by atoms with van der Waals surface area (Å²) in [6, 6.07) is 1.85. The third-order valence-corrected chi connectivity index (χ3v) is 4.37. The van der Waals surface area contributed by atoms with Crippen LogP contribution in [0, 0.1) is 23.0 Å². The third-order valence-electron chi connectivity index (χ3n) is 4.37. The first-order valence-electron chi connectivity index (χ1n) is 7.66. The zero-order chi connectivity index (χ0) is 15.4. The Hall–Kier alpha value is -1.69. The van der Waals surface area contributed by atoms with Gasteiger partial charge in [0.1, 0.15) is 0 Å². The molecule has 0 aromatic carbocycles. The molecule has 1 aliphatic carbocycles. The number of aryl methyl sites for hydroxylation is 1. The van der Waals surface area contributed by atoms with E-state index in [1.54, 1.807) is 12.3 Å². The fraction of sp³-hybridized carbons (Fsp3) is 0.667. The number of anilines is 1. The molecular weight excluding hydrogens is 268 g/mol. The normalized spacial score (nSPS) is 22.0. The maximum Gasteiger partial charge on any atom is 0.311 e. The molecule has 21 heavy (non-hydrogen) atoms. The molecule has 2 rings (SSSR count). The molecule has 0 spiro atoms. The topological polar surface area (TPSA) is 85.3 Å². The van der Waals surface area contributed by atoms with E-state index in [0.717, 1.165) is 24.8 Å². The van der Waals surface area contributed by atoms with Gasteiger partial charge >= 0.3 is 5.69 Å². The van der Waals surface area contributed by atoms with Crippen LogP contribution in [0.4, 0.5) is 11.5 Å². The first kappa shape index (κ1) is 15.7. The molecule has 6 heteroatoms. The molecule has 0 radical (unpaired) electrons. The molecule has 0 amide bonds. The van der Waals surface area contributed by atoms with E-state index in [4.69, 9.17) is 5.73 Å². The minimum absolute atomic E-state index is 0.0956. The minimum atomic E-state index is -0.335. The largest absolute Gasteiger partial charge is 0.348 e. The van der Waals surface area contributed by atoms with Gasteiger partial charge in [-0.15, -0.1) is 0 Å². The number of pyridine rings is 1. The van der Waals surface area contributed by atoms with Gasteiger partial charge in [-0.25, -0.2) is 4.98 Å². The Labute approximate surface area is 125 Å². The van der Waals surface area contributed by atoms with E-state index >= 15 is 0 Å². The average molecular weight is 292 g/mol. The minimum Gasteiger partial charge on any atom is -0.348 e. The molecule has 1 fully saturated rings. The summed E-state index contributed by atoms with van der Waals surface area (Å²) in [5.74, 6) is 0.875. The van der Waals surface area contributed by atoms with Crippen LogP contribution < -0.4 is 10.6 Å². The van der Waals surface area contributed by atoms with E-state index < -0.39 is 0 Å². The first-order valence-corrected chi connectivity index (χ1v) is 7.66. The zero-order valence-electron chi connectivity index (χ0n) is 12.8. The Morgan fingerprint density at radius 3 is 2.81 bits per heavy atom. The molecule has 1 aromatic heterocycles. The second-order valence-corrected chi connectivity index (χ2v) is 5.75. The molecule has 1 aliphatic rings. The number of nitrogens with zero attached hydrogens (tertiary/aromatic N) is 3. The molecule has 2 N–H and O–H groups in total. The Kier molecular flexibility index (Phi) is 5.12. The van der Waals surface area contributed by atoms with E-state index in [1.807, 2.05) is 13.8 Å². The van der Waals surface area contributed by atoms with Crippen LogP contribution in [-0.4, -0.2) is 29.0 Å². The van der Waals surface area contributed by atoms with Crippen LogP contribution in [0.25, 0.3) is 0 Å². The van der Waals surface area contributed by atoms with Crippen molar-refractivity contribution in [3.05, 3.63) is 27.9 Å². The summed E-state index contributed by atoms with van der Waals surface area (Å²) in [7, 11) is 0. The predicted molar refractivity (Wildman–Crippen MR) is 83.4 cm³/mol. The van der Waals surface area contributed by atoms with E-state index in [-0.39, 0.29) is 16.7 Å². The van der Waals surface area contributed by atoms with E-state index in [0.29, 0.717) is 24.8 Å². The summed E-state index contributed by atoms with van der Waals surface area (Å²) in [4.78, 5) is 17.4. The van der Waals surface area contributed by atoms with Crippen LogP contribution in [0.5, 0.6) is 0 Å². The fourth-order valence-corrected chi connectivity index (χ4v) is 3.32. The van der Waals surface area contributed by atoms with Crippen molar-refractivity contribution in [2.24, 2.45) is 11.7 Å². The van der Waals surface area contributed by atoms with Gasteiger partial charge in [0.25, 0.3) is 0 Å². The molecule has 0 saturated heterocycles. The Morgan fingerprint density at radius 1 is 1.48 bits per heavy atom. The Bertz CT molecular complexity index is 506. The maximum atomic E-state index is 11.3. The number of nitrogens with two attached hydrogens (primary N) is 1. The Balaban J connectivity index is 2.38. The molecule has 2 atom stereocenters. The molecule has 2 unspecified atom stereocenters. The van der Waals surface area contributed by atoms with E-state index in [9.17, 15) is 10.1 Å². The highest BCUT2D eigenvalue weighted by molar-refractivity contribution is 5.59. The fourth-order valence-electron chi connectivity index (χ4n) is 3.32. The number of hydrogen-bond donors (Lipinski definition) is 1. The summed E-state index contributed by atoms with van der Waals surface area (Å²) in [6.07, 6.45) is 6.17. The van der Waals surface area contributed by atoms with Crippen molar-refractivity contribution in [3.8, 4) is 0 Å². The number of hydrogen-bond acceptors (Lipinski definition) is 5. The molecule has 1 heterocycles. The highest BCUT2D eigenvalue weighted by Gasteiger charge is 2.32. The average Bonchev–Trinajstić information content (AvgIpc) is 2.49. The van der Waals surface area contributed by atoms with Crippen LogP contribution in [0.1, 0.15) is 38.2 Å². The van der Waals surface area contributed by atoms with Crippen molar-refractivity contribution in [2.75, 3.05) is 18.0 Å². The van der Waals surface area contributed by atoms with Crippen LogP contribution >= 0.6 is 0 Å². The maximum absolute atomic E-state index is 11.3. The van der Waals surface area contributed by atoms with Crippen LogP contribution in [0.3, 0.4) is 0 Å². The van der Waals surface area contributed by atoms with E-state index in [2.05, 4.69) is 9.88 Å². The predicted octanol–water partition coefficient (Wildman–Crippen LogP) is 2.64. The van der Waals surface area contributed by atoms with Gasteiger partial charge in [-0.05, 0) is 44.7 Å². The summed E-state index contributed by atoms with van der Waals surface area (Å²) >= 11 is 0. The summed E-state index contributed by atoms with van der Waals surface area (Å²) in [5.41, 5.74) is 6.81. The van der Waals surface area contributed by atoms with Gasteiger partial charge in [0.2, 0.25) is 5.82 Å². The number of rotatable bonds is 5. The Morgan fingerprint density at radius 2 is 2.19 bits per heavy atom. The van der Waals surface area contributed by atoms with Crippen LogP contribution in [-0.2, 0) is 0 Å². The van der Waals surface area contributed by atoms with E-state index in [1.165, 1.54) is 6.42 Å². The van der Waals surface area contributed by atoms with Crippen molar-refractivity contribution in [3.63, 3.8) is 0 Å². The number of nitro groups is 1. The molecule has 6 nitrogen and oxygen atoms in total.